The van der Waals surface area contributed by atoms with Gasteiger partial charge < -0.3 is 10.2 Å². The van der Waals surface area contributed by atoms with Crippen molar-refractivity contribution in [1.82, 2.24) is 39.0 Å². The largest absolute Gasteiger partial charge is 0.377 e. The van der Waals surface area contributed by atoms with E-state index in [-0.39, 0.29) is 12.1 Å². The molecule has 0 aliphatic carbocycles. The maximum atomic E-state index is 14.0. The number of rotatable bonds is 5. The number of hydrogen-bond donors (Lipinski definition) is 1. The minimum absolute atomic E-state index is 0.0408. The average Bonchev–Trinajstić information content (AvgIpc) is 3.64. The number of aromatic nitrogens is 7. The molecule has 1 unspecified atom stereocenters. The lowest BCUT2D eigenvalue weighted by Crippen LogP contribution is -2.23. The summed E-state index contributed by atoms with van der Waals surface area (Å²) in [5, 5.41) is 14.5. The van der Waals surface area contributed by atoms with Gasteiger partial charge in [0, 0.05) is 53.4 Å². The van der Waals surface area contributed by atoms with Crippen LogP contribution in [0.25, 0.3) is 33.3 Å². The minimum atomic E-state index is -2.68. The van der Waals surface area contributed by atoms with Crippen LogP contribution in [0.5, 0.6) is 0 Å². The Morgan fingerprint density at radius 1 is 1.24 bits per heavy atom. The SMILES string of the molecule is [2H]C([2H])([2H])n1c(=O)c2cc(C)cc(C(C)Nc3ccc(Cl)nc3-c3ncn(C)n3)c2c2cnn([C@H]3CCN(C)C3)c21. The zero-order chi connectivity index (χ0) is 29.2. The average molecular weight is 535 g/mol. The molecule has 38 heavy (non-hydrogen) atoms. The maximum Gasteiger partial charge on any atom is 0.259 e. The van der Waals surface area contributed by atoms with Crippen molar-refractivity contribution in [3.05, 3.63) is 63.4 Å². The van der Waals surface area contributed by atoms with Gasteiger partial charge in [-0.05, 0) is 56.6 Å². The van der Waals surface area contributed by atoms with E-state index in [0.29, 0.717) is 44.2 Å². The summed E-state index contributed by atoms with van der Waals surface area (Å²) in [7, 11) is 3.79. The Labute approximate surface area is 229 Å². The van der Waals surface area contributed by atoms with Gasteiger partial charge in [-0.2, -0.15) is 5.10 Å². The monoisotopic (exact) mass is 534 g/mol. The van der Waals surface area contributed by atoms with E-state index in [1.807, 2.05) is 33.0 Å². The second-order valence-electron chi connectivity index (χ2n) is 10.1. The fourth-order valence-corrected chi connectivity index (χ4v) is 5.60. The van der Waals surface area contributed by atoms with Crippen LogP contribution in [0.4, 0.5) is 5.69 Å². The molecule has 2 atom stereocenters. The van der Waals surface area contributed by atoms with Crippen LogP contribution in [0.3, 0.4) is 0 Å². The van der Waals surface area contributed by atoms with Crippen LogP contribution >= 0.6 is 11.6 Å². The molecule has 11 heteroatoms. The number of halogens is 1. The highest BCUT2D eigenvalue weighted by Crippen LogP contribution is 2.35. The molecular weight excluding hydrogens is 502 g/mol. The van der Waals surface area contributed by atoms with Crippen LogP contribution in [0.15, 0.2) is 41.6 Å². The van der Waals surface area contributed by atoms with E-state index in [4.69, 9.17) is 15.7 Å². The van der Waals surface area contributed by atoms with E-state index in [0.717, 1.165) is 35.2 Å². The Balaban J connectivity index is 1.56. The first kappa shape index (κ1) is 21.2. The number of hydrogen-bond acceptors (Lipinski definition) is 7. The standard InChI is InChI=1S/C27H30ClN9O/c1-15-10-18(16(2)31-21-6-7-22(28)32-24(21)25-29-14-35(4)33-25)23-19(11-15)27(38)36(5)26-20(23)12-30-37(26)17-8-9-34(3)13-17/h6-7,10-12,14,16-17,31H,8-9,13H2,1-5H3/t16?,17-/m0/s1/i5D3. The first-order valence-corrected chi connectivity index (χ1v) is 12.8. The molecule has 5 heterocycles. The van der Waals surface area contributed by atoms with Crippen LogP contribution in [0.1, 0.15) is 40.7 Å². The third-order valence-electron chi connectivity index (χ3n) is 7.22. The predicted octanol–water partition coefficient (Wildman–Crippen LogP) is 4.09. The maximum absolute atomic E-state index is 14.0. The summed E-state index contributed by atoms with van der Waals surface area (Å²) in [6.45, 7) is 2.78. The fraction of sp³-hybridized carbons (Fsp3) is 0.370. The first-order chi connectivity index (χ1) is 19.4. The van der Waals surface area contributed by atoms with E-state index in [1.54, 1.807) is 41.1 Å². The zero-order valence-electron chi connectivity index (χ0n) is 24.6. The van der Waals surface area contributed by atoms with Gasteiger partial charge in [-0.15, -0.1) is 5.10 Å². The Morgan fingerprint density at radius 3 is 2.79 bits per heavy atom. The van der Waals surface area contributed by atoms with E-state index < -0.39 is 12.5 Å². The normalized spacial score (nSPS) is 18.6. The Hall–Kier alpha value is -3.76. The number of fused-ring (bicyclic) bond motifs is 3. The number of nitrogens with one attached hydrogen (secondary N) is 1. The Bertz CT molecular complexity index is 1860. The summed E-state index contributed by atoms with van der Waals surface area (Å²) in [4.78, 5) is 25.0. The summed E-state index contributed by atoms with van der Waals surface area (Å²) >= 11 is 6.23. The highest BCUT2D eigenvalue weighted by Gasteiger charge is 2.26. The molecule has 4 aromatic heterocycles. The van der Waals surface area contributed by atoms with Crippen LogP contribution < -0.4 is 10.9 Å². The molecule has 6 rings (SSSR count). The zero-order valence-corrected chi connectivity index (χ0v) is 22.4. The predicted molar refractivity (Wildman–Crippen MR) is 150 cm³/mol. The van der Waals surface area contributed by atoms with Crippen molar-refractivity contribution in [2.45, 2.75) is 32.4 Å². The molecule has 1 aliphatic rings. The van der Waals surface area contributed by atoms with Gasteiger partial charge in [0.2, 0.25) is 5.82 Å². The smallest absolute Gasteiger partial charge is 0.259 e. The quantitative estimate of drug-likeness (QED) is 0.339. The van der Waals surface area contributed by atoms with Crippen LogP contribution in [0.2, 0.25) is 5.15 Å². The topological polar surface area (TPSA) is 98.7 Å². The number of nitrogens with zero attached hydrogens (tertiary/aromatic N) is 8. The van der Waals surface area contributed by atoms with Gasteiger partial charge >= 0.3 is 0 Å². The van der Waals surface area contributed by atoms with Gasteiger partial charge in [0.1, 0.15) is 22.8 Å². The fourth-order valence-electron chi connectivity index (χ4n) is 5.46. The second kappa shape index (κ2) is 9.21. The summed E-state index contributed by atoms with van der Waals surface area (Å²) in [5.74, 6) is 0.421. The molecule has 196 valence electrons. The Kier molecular flexibility index (Phi) is 5.14. The second-order valence-corrected chi connectivity index (χ2v) is 10.5. The van der Waals surface area contributed by atoms with E-state index >= 15 is 0 Å². The van der Waals surface area contributed by atoms with E-state index in [1.165, 1.54) is 0 Å². The van der Waals surface area contributed by atoms with E-state index in [2.05, 4.69) is 30.4 Å². The van der Waals surface area contributed by atoms with Gasteiger partial charge in [0.25, 0.3) is 5.56 Å². The van der Waals surface area contributed by atoms with E-state index in [9.17, 15) is 4.79 Å². The van der Waals surface area contributed by atoms with Crippen molar-refractivity contribution in [1.29, 1.82) is 0 Å². The van der Waals surface area contributed by atoms with Gasteiger partial charge in [0.15, 0.2) is 0 Å². The Morgan fingerprint density at radius 2 is 2.08 bits per heavy atom. The van der Waals surface area contributed by atoms with Gasteiger partial charge in [0.05, 0.1) is 17.9 Å². The molecule has 10 nitrogen and oxygen atoms in total. The van der Waals surface area contributed by atoms with Crippen molar-refractivity contribution in [2.24, 2.45) is 14.0 Å². The molecule has 0 radical (unpaired) electrons. The molecule has 1 N–H and O–H groups in total. The molecule has 1 fully saturated rings. The van der Waals surface area contributed by atoms with Crippen LogP contribution in [0, 0.1) is 6.92 Å². The van der Waals surface area contributed by atoms with Gasteiger partial charge in [-0.1, -0.05) is 17.7 Å². The highest BCUT2D eigenvalue weighted by molar-refractivity contribution is 6.29. The molecule has 1 aliphatic heterocycles. The lowest BCUT2D eigenvalue weighted by atomic mass is 9.95. The van der Waals surface area contributed by atoms with Crippen molar-refractivity contribution in [2.75, 3.05) is 25.5 Å². The number of likely N-dealkylation sites (tertiary alicyclic amines) is 1. The third-order valence-corrected chi connectivity index (χ3v) is 7.43. The summed E-state index contributed by atoms with van der Waals surface area (Å²) in [6.07, 6.45) is 4.09. The third kappa shape index (κ3) is 4.04. The lowest BCUT2D eigenvalue weighted by molar-refractivity contribution is 0.384. The highest BCUT2D eigenvalue weighted by atomic mass is 35.5. The minimum Gasteiger partial charge on any atom is -0.377 e. The molecule has 1 aromatic carbocycles. The molecule has 5 aromatic rings. The molecule has 0 amide bonds. The van der Waals surface area contributed by atoms with Gasteiger partial charge in [-0.25, -0.2) is 14.6 Å². The number of likely N-dealkylation sites (N-methyl/N-ethyl adjacent to an activating group) is 1. The summed E-state index contributed by atoms with van der Waals surface area (Å²) in [6, 6.07) is 6.91. The number of benzene rings is 1. The van der Waals surface area contributed by atoms with Crippen molar-refractivity contribution >= 4 is 39.1 Å². The van der Waals surface area contributed by atoms with Gasteiger partial charge in [-0.3, -0.25) is 14.0 Å². The molecular formula is C27H30ClN9O. The number of anilines is 1. The summed E-state index contributed by atoms with van der Waals surface area (Å²) < 4.78 is 29.1. The number of pyridine rings is 2. The summed E-state index contributed by atoms with van der Waals surface area (Å²) in [5.41, 5.74) is 2.57. The number of aryl methyl sites for hydroxylation is 3. The lowest BCUT2D eigenvalue weighted by Gasteiger charge is -2.21. The molecule has 0 spiro atoms. The van der Waals surface area contributed by atoms with Crippen LogP contribution in [-0.4, -0.2) is 59.1 Å². The van der Waals surface area contributed by atoms with Crippen molar-refractivity contribution in [3.8, 4) is 11.5 Å². The first-order valence-electron chi connectivity index (χ1n) is 14.0. The van der Waals surface area contributed by atoms with Crippen molar-refractivity contribution in [3.63, 3.8) is 0 Å². The van der Waals surface area contributed by atoms with Crippen LogP contribution in [-0.2, 0) is 14.0 Å². The molecule has 0 bridgehead atoms. The molecule has 1 saturated heterocycles. The molecule has 0 saturated carbocycles. The van der Waals surface area contributed by atoms with Crippen molar-refractivity contribution < 1.29 is 4.11 Å².